The van der Waals surface area contributed by atoms with Gasteiger partial charge in [0.25, 0.3) is 0 Å². The molecule has 0 amide bonds. The summed E-state index contributed by atoms with van der Waals surface area (Å²) < 4.78 is 8.32. The van der Waals surface area contributed by atoms with Crippen molar-refractivity contribution in [3.8, 4) is 0 Å². The molecule has 0 bridgehead atoms. The van der Waals surface area contributed by atoms with Crippen LogP contribution in [0.25, 0.3) is 21.1 Å². The number of esters is 1. The fourth-order valence-electron chi connectivity index (χ4n) is 6.19. The van der Waals surface area contributed by atoms with E-state index in [0.29, 0.717) is 29.6 Å². The molecule has 5 aromatic rings. The van der Waals surface area contributed by atoms with Gasteiger partial charge in [0.2, 0.25) is 5.56 Å². The summed E-state index contributed by atoms with van der Waals surface area (Å²) in [6.07, 6.45) is 2.18. The summed E-state index contributed by atoms with van der Waals surface area (Å²) in [5.41, 5.74) is 6.63. The lowest BCUT2D eigenvalue weighted by atomic mass is 9.86. The van der Waals surface area contributed by atoms with Gasteiger partial charge in [-0.3, -0.25) is 14.5 Å². The van der Waals surface area contributed by atoms with Crippen LogP contribution in [0, 0.1) is 5.92 Å². The Kier molecular flexibility index (Phi) is 8.16. The van der Waals surface area contributed by atoms with Crippen molar-refractivity contribution in [2.45, 2.75) is 52.1 Å². The van der Waals surface area contributed by atoms with Crippen molar-refractivity contribution < 1.29 is 9.53 Å². The van der Waals surface area contributed by atoms with Crippen molar-refractivity contribution in [3.05, 3.63) is 91.2 Å². The molecule has 218 valence electrons. The number of H-pyrrole nitrogens is 1. The molecule has 0 unspecified atom stereocenters. The Morgan fingerprint density at radius 2 is 2.07 bits per heavy atom. The number of hydrogen-bond donors (Lipinski definition) is 1. The molecule has 4 heterocycles. The van der Waals surface area contributed by atoms with E-state index in [4.69, 9.17) is 16.3 Å². The van der Waals surface area contributed by atoms with Crippen LogP contribution in [-0.2, 0) is 36.1 Å². The van der Waals surface area contributed by atoms with Crippen LogP contribution < -0.4 is 5.56 Å². The first-order chi connectivity index (χ1) is 20.3. The number of halogens is 1. The first-order valence-corrected chi connectivity index (χ1v) is 15.7. The molecule has 2 aromatic carbocycles. The van der Waals surface area contributed by atoms with Crippen LogP contribution in [-0.4, -0.2) is 44.0 Å². The van der Waals surface area contributed by atoms with E-state index in [0.717, 1.165) is 53.7 Å². The highest BCUT2D eigenvalue weighted by Crippen LogP contribution is 2.40. The molecule has 0 radical (unpaired) electrons. The number of ether oxygens (including phenoxy) is 1. The monoisotopic (exact) mass is 603 g/mol. The number of aromatic amines is 1. The van der Waals surface area contributed by atoms with E-state index in [1.165, 1.54) is 15.8 Å². The zero-order valence-electron chi connectivity index (χ0n) is 24.0. The van der Waals surface area contributed by atoms with Gasteiger partial charge in [-0.1, -0.05) is 48.4 Å². The molecule has 42 heavy (non-hydrogen) atoms. The fourth-order valence-corrected chi connectivity index (χ4v) is 7.41. The third kappa shape index (κ3) is 5.61. The molecule has 0 saturated heterocycles. The molecule has 1 aliphatic rings. The number of carbonyl (C=O) groups excluding carboxylic acids is 1. The van der Waals surface area contributed by atoms with Gasteiger partial charge in [-0.2, -0.15) is 0 Å². The maximum atomic E-state index is 12.9. The molecular weight excluding hydrogens is 570 g/mol. The van der Waals surface area contributed by atoms with Crippen molar-refractivity contribution in [2.24, 2.45) is 13.0 Å². The smallest absolute Gasteiger partial charge is 0.306 e. The lowest BCUT2D eigenvalue weighted by molar-refractivity contribution is -0.143. The Balaban J connectivity index is 1.42. The van der Waals surface area contributed by atoms with Crippen LogP contribution in [0.5, 0.6) is 0 Å². The Morgan fingerprint density at radius 1 is 1.21 bits per heavy atom. The summed E-state index contributed by atoms with van der Waals surface area (Å²) in [6.45, 7) is 6.70. The fraction of sp³-hybridized carbons (Fsp3) is 0.375. The quantitative estimate of drug-likeness (QED) is 0.213. The number of carbonyl (C=O) groups is 1. The molecule has 6 rings (SSSR count). The largest absolute Gasteiger partial charge is 0.466 e. The van der Waals surface area contributed by atoms with Gasteiger partial charge < -0.3 is 9.72 Å². The number of rotatable bonds is 8. The molecule has 1 N–H and O–H groups in total. The summed E-state index contributed by atoms with van der Waals surface area (Å²) >= 11 is 8.69. The zero-order chi connectivity index (χ0) is 29.4. The predicted octanol–water partition coefficient (Wildman–Crippen LogP) is 6.19. The van der Waals surface area contributed by atoms with Crippen molar-refractivity contribution in [1.82, 2.24) is 24.9 Å². The molecule has 0 saturated carbocycles. The van der Waals surface area contributed by atoms with Crippen molar-refractivity contribution in [1.29, 1.82) is 0 Å². The summed E-state index contributed by atoms with van der Waals surface area (Å²) in [6, 6.07) is 14.1. The second-order valence-corrected chi connectivity index (χ2v) is 12.4. The number of aryl methyl sites for hydroxylation is 1. The van der Waals surface area contributed by atoms with E-state index in [1.807, 2.05) is 32.2 Å². The van der Waals surface area contributed by atoms with Gasteiger partial charge in [0, 0.05) is 49.1 Å². The van der Waals surface area contributed by atoms with Gasteiger partial charge in [-0.05, 0) is 70.5 Å². The van der Waals surface area contributed by atoms with E-state index < -0.39 is 0 Å². The van der Waals surface area contributed by atoms with Crippen LogP contribution in [0.3, 0.4) is 0 Å². The zero-order valence-corrected chi connectivity index (χ0v) is 25.6. The van der Waals surface area contributed by atoms with Gasteiger partial charge >= 0.3 is 5.97 Å². The summed E-state index contributed by atoms with van der Waals surface area (Å²) in [4.78, 5) is 30.6. The number of pyridine rings is 1. The third-order valence-corrected chi connectivity index (χ3v) is 9.74. The van der Waals surface area contributed by atoms with Crippen LogP contribution in [0.4, 0.5) is 0 Å². The SMILES string of the molecule is CCOC(=O)C[C@@H](c1cc(CN2Cc3[nH]c(=O)ccc3C[C@H](CC)C2)c2sccc2c1)c1ccc2c(nnn2C)c1Cl. The molecule has 8 nitrogen and oxygen atoms in total. The molecule has 0 aliphatic carbocycles. The van der Waals surface area contributed by atoms with Gasteiger partial charge in [-0.25, -0.2) is 4.68 Å². The summed E-state index contributed by atoms with van der Waals surface area (Å²) in [5.74, 6) is -0.104. The van der Waals surface area contributed by atoms with Crippen molar-refractivity contribution in [3.63, 3.8) is 0 Å². The van der Waals surface area contributed by atoms with Gasteiger partial charge in [-0.15, -0.1) is 16.4 Å². The first-order valence-electron chi connectivity index (χ1n) is 14.4. The maximum Gasteiger partial charge on any atom is 0.306 e. The van der Waals surface area contributed by atoms with E-state index >= 15 is 0 Å². The van der Waals surface area contributed by atoms with Crippen LogP contribution in [0.1, 0.15) is 60.6 Å². The molecule has 1 aliphatic heterocycles. The lowest BCUT2D eigenvalue weighted by Crippen LogP contribution is -2.28. The third-order valence-electron chi connectivity index (χ3n) is 8.33. The standard InChI is InChI=1S/C32H34ClN5O3S/c1-4-19-12-20-6-9-28(39)34-26(20)18-38(16-19)17-23-14-22(13-21-10-11-42-32(21)23)25(15-29(40)41-5-2)24-7-8-27-31(30(24)33)35-36-37(27)3/h6-11,13-14,19,25H,4-5,12,15-18H2,1-3H3,(H,34,39)/t19-,25-/m0/s1. The van der Waals surface area contributed by atoms with Crippen molar-refractivity contribution in [2.75, 3.05) is 13.2 Å². The van der Waals surface area contributed by atoms with E-state index in [-0.39, 0.29) is 23.9 Å². The summed E-state index contributed by atoms with van der Waals surface area (Å²) in [7, 11) is 1.83. The Bertz CT molecular complexity index is 1830. The topological polar surface area (TPSA) is 93.1 Å². The average Bonchev–Trinajstić information content (AvgIpc) is 3.56. The normalized spacial score (nSPS) is 16.4. The molecular formula is C32H34ClN5O3S. The minimum atomic E-state index is -0.324. The minimum Gasteiger partial charge on any atom is -0.466 e. The van der Waals surface area contributed by atoms with Gasteiger partial charge in [0.05, 0.1) is 23.6 Å². The second kappa shape index (κ2) is 12.0. The number of thiophene rings is 1. The van der Waals surface area contributed by atoms with Crippen LogP contribution in [0.15, 0.2) is 52.6 Å². The van der Waals surface area contributed by atoms with E-state index in [2.05, 4.69) is 50.7 Å². The summed E-state index contributed by atoms with van der Waals surface area (Å²) in [5, 5.41) is 12.2. The molecule has 2 atom stereocenters. The Morgan fingerprint density at radius 3 is 2.88 bits per heavy atom. The van der Waals surface area contributed by atoms with Crippen LogP contribution in [0.2, 0.25) is 5.02 Å². The molecule has 0 fully saturated rings. The van der Waals surface area contributed by atoms with E-state index in [9.17, 15) is 9.59 Å². The molecule has 3 aromatic heterocycles. The average molecular weight is 604 g/mol. The number of hydrogen-bond acceptors (Lipinski definition) is 7. The highest BCUT2D eigenvalue weighted by Gasteiger charge is 2.27. The minimum absolute atomic E-state index is 0.0648. The number of nitrogens with one attached hydrogen (secondary N) is 1. The second-order valence-electron chi connectivity index (χ2n) is 11.1. The van der Waals surface area contributed by atoms with Crippen molar-refractivity contribution >= 4 is 50.0 Å². The highest BCUT2D eigenvalue weighted by molar-refractivity contribution is 7.17. The lowest BCUT2D eigenvalue weighted by Gasteiger charge is -2.25. The number of aromatic nitrogens is 4. The maximum absolute atomic E-state index is 12.9. The van der Waals surface area contributed by atoms with E-state index in [1.54, 1.807) is 22.1 Å². The van der Waals surface area contributed by atoms with Gasteiger partial charge in [0.1, 0.15) is 5.52 Å². The first kappa shape index (κ1) is 28.6. The van der Waals surface area contributed by atoms with Crippen LogP contribution >= 0.6 is 22.9 Å². The number of fused-ring (bicyclic) bond motifs is 3. The Labute approximate surface area is 253 Å². The number of nitrogens with zero attached hydrogens (tertiary/aromatic N) is 4. The predicted molar refractivity (Wildman–Crippen MR) is 167 cm³/mol. The Hall–Kier alpha value is -3.53. The van der Waals surface area contributed by atoms with Gasteiger partial charge in [0.15, 0.2) is 0 Å². The highest BCUT2D eigenvalue weighted by atomic mass is 35.5. The molecule has 10 heteroatoms. The number of benzene rings is 2. The molecule has 0 spiro atoms.